The molecule has 4 heterocycles. The third-order valence-corrected chi connectivity index (χ3v) is 7.65. The van der Waals surface area contributed by atoms with Gasteiger partial charge in [-0.25, -0.2) is 14.3 Å². The molecule has 6 rings (SSSR count). The van der Waals surface area contributed by atoms with Crippen LogP contribution in [0.1, 0.15) is 29.5 Å². The van der Waals surface area contributed by atoms with Gasteiger partial charge in [-0.1, -0.05) is 6.07 Å². The van der Waals surface area contributed by atoms with Gasteiger partial charge in [-0.15, -0.1) is 11.3 Å². The second kappa shape index (κ2) is 8.35. The molecule has 0 aliphatic heterocycles. The molecule has 0 amide bonds. The van der Waals surface area contributed by atoms with E-state index in [2.05, 4.69) is 4.98 Å². The van der Waals surface area contributed by atoms with Crippen molar-refractivity contribution in [3.63, 3.8) is 0 Å². The SMILES string of the molecule is CCOc1ccc(-n2c(=O)c3c4c(sc3n(Cc3cc(=O)n5ccccc5n3)c2=O)CCC4)cc1. The summed E-state index contributed by atoms with van der Waals surface area (Å²) in [5.74, 6) is 0.669. The number of aryl methyl sites for hydroxylation is 2. The maximum atomic E-state index is 13.8. The smallest absolute Gasteiger partial charge is 0.337 e. The molecule has 176 valence electrons. The summed E-state index contributed by atoms with van der Waals surface area (Å²) in [6, 6.07) is 13.7. The lowest BCUT2D eigenvalue weighted by molar-refractivity contribution is 0.340. The Hall–Kier alpha value is -3.98. The molecule has 5 aromatic rings. The van der Waals surface area contributed by atoms with E-state index in [1.54, 1.807) is 47.2 Å². The van der Waals surface area contributed by atoms with Gasteiger partial charge in [0.05, 0.1) is 29.9 Å². The van der Waals surface area contributed by atoms with Crippen LogP contribution in [0.3, 0.4) is 0 Å². The van der Waals surface area contributed by atoms with Crippen LogP contribution in [0.5, 0.6) is 5.75 Å². The van der Waals surface area contributed by atoms with E-state index in [4.69, 9.17) is 4.74 Å². The first kappa shape index (κ1) is 21.5. The number of ether oxygens (including phenoxy) is 1. The average Bonchev–Trinajstić information content (AvgIpc) is 3.45. The lowest BCUT2D eigenvalue weighted by Crippen LogP contribution is -2.39. The van der Waals surface area contributed by atoms with Gasteiger partial charge in [-0.05, 0) is 68.1 Å². The number of thiophene rings is 1. The molecule has 0 spiro atoms. The summed E-state index contributed by atoms with van der Waals surface area (Å²) in [5.41, 5.74) is 1.50. The molecule has 0 N–H and O–H groups in total. The molecule has 9 heteroatoms. The highest BCUT2D eigenvalue weighted by Crippen LogP contribution is 2.35. The number of hydrogen-bond donors (Lipinski definition) is 0. The zero-order valence-electron chi connectivity index (χ0n) is 19.1. The van der Waals surface area contributed by atoms with Crippen molar-refractivity contribution < 1.29 is 4.74 Å². The summed E-state index contributed by atoms with van der Waals surface area (Å²) < 4.78 is 9.78. The molecule has 0 bridgehead atoms. The molecule has 0 atom stereocenters. The van der Waals surface area contributed by atoms with Crippen molar-refractivity contribution in [2.75, 3.05) is 6.61 Å². The number of fused-ring (bicyclic) bond motifs is 4. The minimum Gasteiger partial charge on any atom is -0.494 e. The van der Waals surface area contributed by atoms with Crippen LogP contribution in [0.2, 0.25) is 0 Å². The second-order valence-corrected chi connectivity index (χ2v) is 9.57. The van der Waals surface area contributed by atoms with Crippen molar-refractivity contribution in [1.82, 2.24) is 18.5 Å². The van der Waals surface area contributed by atoms with Gasteiger partial charge in [0.1, 0.15) is 16.2 Å². The van der Waals surface area contributed by atoms with E-state index in [0.717, 1.165) is 29.7 Å². The number of hydrogen-bond acceptors (Lipinski definition) is 6. The number of rotatable bonds is 5. The fourth-order valence-corrected chi connectivity index (χ4v) is 6.15. The van der Waals surface area contributed by atoms with Crippen molar-refractivity contribution in [1.29, 1.82) is 0 Å². The van der Waals surface area contributed by atoms with Crippen LogP contribution in [-0.4, -0.2) is 25.1 Å². The van der Waals surface area contributed by atoms with Crippen LogP contribution >= 0.6 is 11.3 Å². The Kier molecular flexibility index (Phi) is 5.14. The van der Waals surface area contributed by atoms with E-state index in [1.807, 2.05) is 13.0 Å². The van der Waals surface area contributed by atoms with Crippen LogP contribution in [-0.2, 0) is 19.4 Å². The molecule has 0 radical (unpaired) electrons. The topological polar surface area (TPSA) is 87.6 Å². The zero-order chi connectivity index (χ0) is 24.1. The molecule has 0 saturated heterocycles. The molecular formula is C26H22N4O4S. The van der Waals surface area contributed by atoms with Crippen molar-refractivity contribution in [3.8, 4) is 11.4 Å². The standard InChI is InChI=1S/C26H22N4O4S/c1-2-34-18-11-9-17(10-12-18)30-24(32)23-19-6-5-7-20(19)35-25(23)29(26(30)33)15-16-14-22(31)28-13-4-3-8-21(28)27-16/h3-4,8-14H,2,5-7,15H2,1H3. The molecule has 8 nitrogen and oxygen atoms in total. The van der Waals surface area contributed by atoms with Gasteiger partial charge >= 0.3 is 5.69 Å². The first-order valence-electron chi connectivity index (χ1n) is 11.6. The van der Waals surface area contributed by atoms with E-state index >= 15 is 0 Å². The quantitative estimate of drug-likeness (QED) is 0.381. The van der Waals surface area contributed by atoms with Crippen LogP contribution in [0.25, 0.3) is 21.6 Å². The van der Waals surface area contributed by atoms with Crippen molar-refractivity contribution in [3.05, 3.63) is 102 Å². The monoisotopic (exact) mass is 486 g/mol. The van der Waals surface area contributed by atoms with Gasteiger partial charge in [0, 0.05) is 17.1 Å². The Balaban J connectivity index is 1.58. The van der Waals surface area contributed by atoms with Gasteiger partial charge in [-0.3, -0.25) is 18.6 Å². The summed E-state index contributed by atoms with van der Waals surface area (Å²) in [4.78, 5) is 46.5. The van der Waals surface area contributed by atoms with Gasteiger partial charge in [0.25, 0.3) is 11.1 Å². The van der Waals surface area contributed by atoms with E-state index in [0.29, 0.717) is 39.6 Å². The number of nitrogens with zero attached hydrogens (tertiary/aromatic N) is 4. The minimum absolute atomic E-state index is 0.0900. The fraction of sp³-hybridized carbons (Fsp3) is 0.231. The van der Waals surface area contributed by atoms with Gasteiger partial charge in [-0.2, -0.15) is 0 Å². The molecule has 1 aliphatic carbocycles. The van der Waals surface area contributed by atoms with Crippen molar-refractivity contribution in [2.24, 2.45) is 0 Å². The summed E-state index contributed by atoms with van der Waals surface area (Å²) >= 11 is 1.50. The summed E-state index contributed by atoms with van der Waals surface area (Å²) in [7, 11) is 0. The van der Waals surface area contributed by atoms with Gasteiger partial charge < -0.3 is 4.74 Å². The summed E-state index contributed by atoms with van der Waals surface area (Å²) in [5, 5.41) is 0.591. The largest absolute Gasteiger partial charge is 0.494 e. The predicted molar refractivity (Wildman–Crippen MR) is 135 cm³/mol. The number of pyridine rings is 1. The zero-order valence-corrected chi connectivity index (χ0v) is 19.9. The third kappa shape index (κ3) is 3.50. The van der Waals surface area contributed by atoms with Crippen LogP contribution < -0.4 is 21.5 Å². The lowest BCUT2D eigenvalue weighted by Gasteiger charge is -2.13. The molecule has 0 fully saturated rings. The van der Waals surface area contributed by atoms with E-state index in [-0.39, 0.29) is 17.7 Å². The highest BCUT2D eigenvalue weighted by molar-refractivity contribution is 7.18. The van der Waals surface area contributed by atoms with Crippen LogP contribution in [0.4, 0.5) is 0 Å². The molecule has 0 saturated carbocycles. The van der Waals surface area contributed by atoms with Gasteiger partial charge in [0.15, 0.2) is 0 Å². The molecule has 1 aliphatic rings. The molecule has 0 unspecified atom stereocenters. The Morgan fingerprint density at radius 2 is 1.89 bits per heavy atom. The number of aromatic nitrogens is 4. The summed E-state index contributed by atoms with van der Waals surface area (Å²) in [6.07, 6.45) is 4.39. The van der Waals surface area contributed by atoms with E-state index in [9.17, 15) is 14.4 Å². The third-order valence-electron chi connectivity index (χ3n) is 6.34. The Bertz CT molecular complexity index is 1780. The lowest BCUT2D eigenvalue weighted by atomic mass is 10.2. The highest BCUT2D eigenvalue weighted by atomic mass is 32.1. The van der Waals surface area contributed by atoms with Crippen molar-refractivity contribution in [2.45, 2.75) is 32.7 Å². The highest BCUT2D eigenvalue weighted by Gasteiger charge is 2.25. The van der Waals surface area contributed by atoms with E-state index < -0.39 is 5.69 Å². The average molecular weight is 487 g/mol. The normalized spacial score (nSPS) is 12.9. The Morgan fingerprint density at radius 3 is 2.69 bits per heavy atom. The van der Waals surface area contributed by atoms with Gasteiger partial charge in [0.2, 0.25) is 0 Å². The number of benzene rings is 1. The molecule has 35 heavy (non-hydrogen) atoms. The molecule has 1 aromatic carbocycles. The second-order valence-electron chi connectivity index (χ2n) is 8.49. The first-order chi connectivity index (χ1) is 17.0. The van der Waals surface area contributed by atoms with Crippen LogP contribution in [0.15, 0.2) is 69.1 Å². The predicted octanol–water partition coefficient (Wildman–Crippen LogP) is 3.16. The fourth-order valence-electron chi connectivity index (χ4n) is 4.78. The van der Waals surface area contributed by atoms with Crippen molar-refractivity contribution >= 4 is 27.2 Å². The maximum Gasteiger partial charge on any atom is 0.337 e. The molecule has 4 aromatic heterocycles. The maximum absolute atomic E-state index is 13.8. The van der Waals surface area contributed by atoms with Crippen LogP contribution in [0, 0.1) is 0 Å². The Morgan fingerprint density at radius 1 is 1.06 bits per heavy atom. The Labute approximate surface area is 203 Å². The molecular weight excluding hydrogens is 464 g/mol. The minimum atomic E-state index is -0.457. The van der Waals surface area contributed by atoms with E-state index in [1.165, 1.54) is 26.4 Å². The summed E-state index contributed by atoms with van der Waals surface area (Å²) in [6.45, 7) is 2.51. The first-order valence-corrected chi connectivity index (χ1v) is 12.4.